The SMILES string of the molecule is CCOC(=O)COc1c(I)cc(C=Nn2c(-c3cc4ccccc4o3)nc3ccccc3c2=O)cc1OCC. The van der Waals surface area contributed by atoms with Crippen molar-refractivity contribution >= 4 is 56.6 Å². The van der Waals surface area contributed by atoms with Crippen LogP contribution < -0.4 is 15.0 Å². The summed E-state index contributed by atoms with van der Waals surface area (Å²) in [5, 5.41) is 5.85. The molecular formula is C29H24IN3O6. The second-order valence-corrected chi connectivity index (χ2v) is 9.48. The van der Waals surface area contributed by atoms with Gasteiger partial charge in [-0.05, 0) is 78.4 Å². The van der Waals surface area contributed by atoms with Gasteiger partial charge < -0.3 is 18.6 Å². The van der Waals surface area contributed by atoms with Crippen LogP contribution in [0.15, 0.2) is 81.0 Å². The third-order valence-corrected chi connectivity index (χ3v) is 6.49. The fourth-order valence-corrected chi connectivity index (χ4v) is 4.79. The van der Waals surface area contributed by atoms with Crippen LogP contribution in [0.1, 0.15) is 19.4 Å². The Labute approximate surface area is 237 Å². The molecule has 9 nitrogen and oxygen atoms in total. The first-order chi connectivity index (χ1) is 19.0. The first-order valence-electron chi connectivity index (χ1n) is 12.3. The molecule has 0 saturated heterocycles. The Hall–Kier alpha value is -4.19. The lowest BCUT2D eigenvalue weighted by atomic mass is 10.2. The summed E-state index contributed by atoms with van der Waals surface area (Å²) in [6.07, 6.45) is 1.55. The van der Waals surface area contributed by atoms with E-state index in [9.17, 15) is 9.59 Å². The smallest absolute Gasteiger partial charge is 0.344 e. The van der Waals surface area contributed by atoms with E-state index < -0.39 is 5.97 Å². The van der Waals surface area contributed by atoms with E-state index in [0.29, 0.717) is 49.5 Å². The normalized spacial score (nSPS) is 11.4. The number of nitrogens with zero attached hydrogens (tertiary/aromatic N) is 3. The lowest BCUT2D eigenvalue weighted by Gasteiger charge is -2.14. The van der Waals surface area contributed by atoms with Crippen molar-refractivity contribution in [3.8, 4) is 23.1 Å². The molecule has 0 amide bonds. The lowest BCUT2D eigenvalue weighted by molar-refractivity contribution is -0.145. The van der Waals surface area contributed by atoms with Crippen molar-refractivity contribution in [2.24, 2.45) is 5.10 Å². The molecule has 10 heteroatoms. The number of rotatable bonds is 9. The van der Waals surface area contributed by atoms with E-state index in [0.717, 1.165) is 5.39 Å². The monoisotopic (exact) mass is 637 g/mol. The largest absolute Gasteiger partial charge is 0.490 e. The van der Waals surface area contributed by atoms with E-state index >= 15 is 0 Å². The Morgan fingerprint density at radius 2 is 1.85 bits per heavy atom. The van der Waals surface area contributed by atoms with Gasteiger partial charge in [0.1, 0.15) is 5.58 Å². The number of furan rings is 1. The van der Waals surface area contributed by atoms with Gasteiger partial charge in [-0.3, -0.25) is 4.79 Å². The summed E-state index contributed by atoms with van der Waals surface area (Å²) in [4.78, 5) is 30.0. The maximum atomic E-state index is 13.5. The molecule has 0 spiro atoms. The Balaban J connectivity index is 1.57. The van der Waals surface area contributed by atoms with Gasteiger partial charge in [-0.2, -0.15) is 9.78 Å². The highest BCUT2D eigenvalue weighted by molar-refractivity contribution is 14.1. The molecule has 0 aliphatic rings. The van der Waals surface area contributed by atoms with Gasteiger partial charge in [-0.25, -0.2) is 9.78 Å². The second kappa shape index (κ2) is 11.7. The van der Waals surface area contributed by atoms with Gasteiger partial charge in [0.2, 0.25) is 5.82 Å². The maximum absolute atomic E-state index is 13.5. The summed E-state index contributed by atoms with van der Waals surface area (Å²) in [5.41, 5.74) is 1.55. The van der Waals surface area contributed by atoms with Crippen molar-refractivity contribution in [3.05, 3.63) is 86.2 Å². The number of hydrogen-bond acceptors (Lipinski definition) is 8. The average Bonchev–Trinajstić information content (AvgIpc) is 3.37. The number of para-hydroxylation sites is 2. The molecule has 2 heterocycles. The molecule has 0 bridgehead atoms. The molecule has 0 radical (unpaired) electrons. The van der Waals surface area contributed by atoms with Crippen molar-refractivity contribution in [2.75, 3.05) is 19.8 Å². The van der Waals surface area contributed by atoms with Crippen molar-refractivity contribution < 1.29 is 23.4 Å². The highest BCUT2D eigenvalue weighted by Gasteiger charge is 2.17. The number of halogens is 1. The minimum atomic E-state index is -0.470. The van der Waals surface area contributed by atoms with Crippen LogP contribution in [0.5, 0.6) is 11.5 Å². The van der Waals surface area contributed by atoms with Gasteiger partial charge in [-0.1, -0.05) is 30.3 Å². The van der Waals surface area contributed by atoms with Crippen LogP contribution in [-0.2, 0) is 9.53 Å². The first kappa shape index (κ1) is 26.4. The van der Waals surface area contributed by atoms with Crippen LogP contribution in [0.25, 0.3) is 33.5 Å². The van der Waals surface area contributed by atoms with Gasteiger partial charge in [0.05, 0.1) is 33.9 Å². The summed E-state index contributed by atoms with van der Waals surface area (Å²) >= 11 is 2.10. The number of aromatic nitrogens is 2. The average molecular weight is 637 g/mol. The molecule has 5 rings (SSSR count). The number of hydrogen-bond donors (Lipinski definition) is 0. The molecule has 39 heavy (non-hydrogen) atoms. The number of carbonyl (C=O) groups is 1. The summed E-state index contributed by atoms with van der Waals surface area (Å²) in [7, 11) is 0. The van der Waals surface area contributed by atoms with Gasteiger partial charge in [0.15, 0.2) is 23.9 Å². The van der Waals surface area contributed by atoms with E-state index in [1.54, 1.807) is 37.4 Å². The van der Waals surface area contributed by atoms with Gasteiger partial charge >= 0.3 is 5.97 Å². The molecule has 0 atom stereocenters. The minimum absolute atomic E-state index is 0.240. The molecule has 0 N–H and O–H groups in total. The predicted molar refractivity (Wildman–Crippen MR) is 157 cm³/mol. The zero-order valence-electron chi connectivity index (χ0n) is 21.2. The van der Waals surface area contributed by atoms with Crippen LogP contribution in [0.2, 0.25) is 0 Å². The van der Waals surface area contributed by atoms with Crippen LogP contribution in [-0.4, -0.2) is 41.7 Å². The number of fused-ring (bicyclic) bond motifs is 2. The third-order valence-electron chi connectivity index (χ3n) is 5.69. The van der Waals surface area contributed by atoms with E-state index in [2.05, 4.69) is 27.7 Å². The highest BCUT2D eigenvalue weighted by atomic mass is 127. The molecule has 198 valence electrons. The zero-order chi connectivity index (χ0) is 27.4. The standard InChI is InChI=1S/C29H24IN3O6/c1-3-36-24-14-18(13-21(30)27(24)38-17-26(34)37-4-2)16-31-33-28(25-15-19-9-5-8-12-23(19)39-25)32-22-11-7-6-10-20(22)29(33)35/h5-16H,3-4,17H2,1-2H3. The van der Waals surface area contributed by atoms with Gasteiger partial charge in [-0.15, -0.1) is 0 Å². The number of carbonyl (C=O) groups excluding carboxylic acids is 1. The fourth-order valence-electron chi connectivity index (χ4n) is 4.01. The fraction of sp³-hybridized carbons (Fsp3) is 0.172. The summed E-state index contributed by atoms with van der Waals surface area (Å²) < 4.78 is 24.4. The Morgan fingerprint density at radius 3 is 2.64 bits per heavy atom. The molecule has 0 aliphatic heterocycles. The topological polar surface area (TPSA) is 105 Å². The Kier molecular flexibility index (Phi) is 7.92. The Morgan fingerprint density at radius 1 is 1.05 bits per heavy atom. The van der Waals surface area contributed by atoms with Crippen molar-refractivity contribution in [3.63, 3.8) is 0 Å². The van der Waals surface area contributed by atoms with E-state index in [1.807, 2.05) is 49.4 Å². The van der Waals surface area contributed by atoms with Gasteiger partial charge in [0, 0.05) is 5.39 Å². The van der Waals surface area contributed by atoms with Crippen molar-refractivity contribution in [1.29, 1.82) is 0 Å². The number of ether oxygens (including phenoxy) is 3. The Bertz CT molecular complexity index is 1720. The number of esters is 1. The molecular weight excluding hydrogens is 613 g/mol. The lowest BCUT2D eigenvalue weighted by Crippen LogP contribution is -2.20. The summed E-state index contributed by atoms with van der Waals surface area (Å²) in [5.74, 6) is 1.10. The van der Waals surface area contributed by atoms with E-state index in [4.69, 9.17) is 23.6 Å². The van der Waals surface area contributed by atoms with Crippen molar-refractivity contribution in [1.82, 2.24) is 9.66 Å². The quantitative estimate of drug-likeness (QED) is 0.117. The van der Waals surface area contributed by atoms with Crippen LogP contribution in [0.3, 0.4) is 0 Å². The molecule has 5 aromatic rings. The molecule has 3 aromatic carbocycles. The summed E-state index contributed by atoms with van der Waals surface area (Å²) in [6, 6.07) is 20.1. The molecule has 2 aromatic heterocycles. The third kappa shape index (κ3) is 5.65. The number of benzene rings is 3. The maximum Gasteiger partial charge on any atom is 0.344 e. The molecule has 0 aliphatic carbocycles. The highest BCUT2D eigenvalue weighted by Crippen LogP contribution is 2.34. The second-order valence-electron chi connectivity index (χ2n) is 8.32. The van der Waals surface area contributed by atoms with E-state index in [1.165, 1.54) is 4.68 Å². The predicted octanol–water partition coefficient (Wildman–Crippen LogP) is 5.64. The molecule has 0 saturated carbocycles. The molecule has 0 unspecified atom stereocenters. The first-order valence-corrected chi connectivity index (χ1v) is 13.4. The van der Waals surface area contributed by atoms with Crippen LogP contribution in [0, 0.1) is 3.57 Å². The zero-order valence-corrected chi connectivity index (χ0v) is 23.4. The van der Waals surface area contributed by atoms with Crippen LogP contribution in [0.4, 0.5) is 0 Å². The van der Waals surface area contributed by atoms with Gasteiger partial charge in [0.25, 0.3) is 5.56 Å². The molecule has 0 fully saturated rings. The van der Waals surface area contributed by atoms with Crippen LogP contribution >= 0.6 is 22.6 Å². The minimum Gasteiger partial charge on any atom is -0.490 e. The van der Waals surface area contributed by atoms with E-state index in [-0.39, 0.29) is 24.6 Å². The summed E-state index contributed by atoms with van der Waals surface area (Å²) in [6.45, 7) is 4.00. The van der Waals surface area contributed by atoms with Crippen molar-refractivity contribution in [2.45, 2.75) is 13.8 Å².